The highest BCUT2D eigenvalue weighted by Crippen LogP contribution is 2.20. The third-order valence-electron chi connectivity index (χ3n) is 2.39. The van der Waals surface area contributed by atoms with E-state index in [0.29, 0.717) is 11.3 Å². The van der Waals surface area contributed by atoms with Gasteiger partial charge in [0.2, 0.25) is 0 Å². The Bertz CT molecular complexity index is 661. The van der Waals surface area contributed by atoms with E-state index in [2.05, 4.69) is 10.3 Å². The van der Waals surface area contributed by atoms with Crippen LogP contribution in [0.3, 0.4) is 0 Å². The fourth-order valence-electron chi connectivity index (χ4n) is 1.44. The number of hydrogen-bond acceptors (Lipinski definition) is 4. The fourth-order valence-corrected chi connectivity index (χ4v) is 1.44. The minimum Gasteiger partial charge on any atom is -0.397 e. The summed E-state index contributed by atoms with van der Waals surface area (Å²) in [5.74, 6) is -1.02. The van der Waals surface area contributed by atoms with Gasteiger partial charge in [-0.3, -0.25) is 4.79 Å². The second-order valence-electron chi connectivity index (χ2n) is 3.73. The maximum atomic E-state index is 12.7. The van der Waals surface area contributed by atoms with Crippen LogP contribution in [0.1, 0.15) is 16.1 Å². The molecule has 0 saturated heterocycles. The first-order valence-corrected chi connectivity index (χ1v) is 5.32. The third kappa shape index (κ3) is 2.84. The molecule has 1 amide bonds. The highest BCUT2D eigenvalue weighted by Gasteiger charge is 2.09. The smallest absolute Gasteiger partial charge is 0.274 e. The first-order chi connectivity index (χ1) is 9.10. The van der Waals surface area contributed by atoms with E-state index >= 15 is 0 Å². The van der Waals surface area contributed by atoms with Crippen LogP contribution >= 0.6 is 0 Å². The molecule has 0 radical (unpaired) electrons. The number of anilines is 2. The van der Waals surface area contributed by atoms with E-state index in [-0.39, 0.29) is 11.4 Å². The lowest BCUT2D eigenvalue weighted by Gasteiger charge is -2.07. The van der Waals surface area contributed by atoms with Gasteiger partial charge in [0.15, 0.2) is 0 Å². The number of halogens is 1. The average molecular weight is 256 g/mol. The van der Waals surface area contributed by atoms with Crippen molar-refractivity contribution in [2.75, 3.05) is 11.1 Å². The topological polar surface area (TPSA) is 91.8 Å². The van der Waals surface area contributed by atoms with Crippen molar-refractivity contribution in [1.29, 1.82) is 5.26 Å². The van der Waals surface area contributed by atoms with Gasteiger partial charge in [0, 0.05) is 0 Å². The summed E-state index contributed by atoms with van der Waals surface area (Å²) in [6, 6.07) is 8.86. The number of nitrogen functional groups attached to an aromatic ring is 1. The molecule has 19 heavy (non-hydrogen) atoms. The van der Waals surface area contributed by atoms with E-state index in [1.807, 2.05) is 6.07 Å². The zero-order valence-corrected chi connectivity index (χ0v) is 9.72. The molecular formula is C13H9FN4O. The van der Waals surface area contributed by atoms with Gasteiger partial charge in [-0.1, -0.05) is 0 Å². The molecule has 0 spiro atoms. The molecule has 0 fully saturated rings. The maximum Gasteiger partial charge on any atom is 0.274 e. The number of nitrogens with zero attached hydrogens (tertiary/aromatic N) is 2. The minimum absolute atomic E-state index is 0.0742. The summed E-state index contributed by atoms with van der Waals surface area (Å²) in [6.45, 7) is 0. The van der Waals surface area contributed by atoms with Gasteiger partial charge in [-0.05, 0) is 30.3 Å². The van der Waals surface area contributed by atoms with E-state index in [1.165, 1.54) is 24.3 Å². The number of carbonyl (C=O) groups excluding carboxylic acids is 1. The predicted molar refractivity (Wildman–Crippen MR) is 67.7 cm³/mol. The number of nitriles is 1. The third-order valence-corrected chi connectivity index (χ3v) is 2.39. The van der Waals surface area contributed by atoms with Crippen LogP contribution < -0.4 is 11.1 Å². The van der Waals surface area contributed by atoms with Crippen molar-refractivity contribution < 1.29 is 9.18 Å². The molecule has 2 rings (SSSR count). The molecule has 1 aromatic heterocycles. The first-order valence-electron chi connectivity index (χ1n) is 5.32. The average Bonchev–Trinajstić information content (AvgIpc) is 2.41. The monoisotopic (exact) mass is 256 g/mol. The molecule has 3 N–H and O–H groups in total. The van der Waals surface area contributed by atoms with E-state index in [4.69, 9.17) is 11.0 Å². The first kappa shape index (κ1) is 12.5. The summed E-state index contributed by atoms with van der Waals surface area (Å²) in [4.78, 5) is 15.5. The second-order valence-corrected chi connectivity index (χ2v) is 3.73. The van der Waals surface area contributed by atoms with Gasteiger partial charge in [0.1, 0.15) is 11.5 Å². The molecule has 6 heteroatoms. The van der Waals surface area contributed by atoms with E-state index in [0.717, 1.165) is 12.3 Å². The van der Waals surface area contributed by atoms with Crippen LogP contribution in [0, 0.1) is 17.1 Å². The molecule has 0 aliphatic rings. The molecule has 0 bridgehead atoms. The van der Waals surface area contributed by atoms with Crippen molar-refractivity contribution in [2.24, 2.45) is 0 Å². The van der Waals surface area contributed by atoms with Crippen LogP contribution in [0.5, 0.6) is 0 Å². The summed E-state index contributed by atoms with van der Waals surface area (Å²) < 4.78 is 12.7. The lowest BCUT2D eigenvalue weighted by molar-refractivity contribution is 0.102. The van der Waals surface area contributed by atoms with Gasteiger partial charge in [0.25, 0.3) is 5.91 Å². The largest absolute Gasteiger partial charge is 0.397 e. The van der Waals surface area contributed by atoms with Crippen LogP contribution in [0.25, 0.3) is 0 Å². The number of pyridine rings is 1. The highest BCUT2D eigenvalue weighted by molar-refractivity contribution is 6.04. The van der Waals surface area contributed by atoms with Crippen molar-refractivity contribution >= 4 is 17.3 Å². The van der Waals surface area contributed by atoms with Crippen LogP contribution in [-0.4, -0.2) is 10.9 Å². The fraction of sp³-hybridized carbons (Fsp3) is 0. The molecule has 0 saturated carbocycles. The van der Waals surface area contributed by atoms with Gasteiger partial charge < -0.3 is 11.1 Å². The number of rotatable bonds is 2. The van der Waals surface area contributed by atoms with Crippen molar-refractivity contribution in [2.45, 2.75) is 0 Å². The van der Waals surface area contributed by atoms with E-state index < -0.39 is 11.7 Å². The molecular weight excluding hydrogens is 247 g/mol. The van der Waals surface area contributed by atoms with Crippen molar-refractivity contribution in [3.05, 3.63) is 53.6 Å². The molecule has 1 aromatic carbocycles. The Labute approximate surface area is 108 Å². The SMILES string of the molecule is N#Cc1ccc(NC(=O)c2ccc(F)cn2)c(N)c1. The molecule has 0 aliphatic carbocycles. The molecule has 2 aromatic rings. The van der Waals surface area contributed by atoms with Crippen molar-refractivity contribution in [3.8, 4) is 6.07 Å². The quantitative estimate of drug-likeness (QED) is 0.803. The Morgan fingerprint density at radius 1 is 1.37 bits per heavy atom. The summed E-state index contributed by atoms with van der Waals surface area (Å²) in [7, 11) is 0. The van der Waals surface area contributed by atoms with Gasteiger partial charge in [-0.2, -0.15) is 5.26 Å². The summed E-state index contributed by atoms with van der Waals surface area (Å²) >= 11 is 0. The predicted octanol–water partition coefficient (Wildman–Crippen LogP) is 1.93. The van der Waals surface area contributed by atoms with Gasteiger partial charge in [-0.15, -0.1) is 0 Å². The Balaban J connectivity index is 2.20. The summed E-state index contributed by atoms with van der Waals surface area (Å²) in [6.07, 6.45) is 0.955. The van der Waals surface area contributed by atoms with E-state index in [1.54, 1.807) is 0 Å². The number of hydrogen-bond donors (Lipinski definition) is 2. The van der Waals surface area contributed by atoms with Crippen LogP contribution in [0.15, 0.2) is 36.5 Å². The molecule has 1 heterocycles. The van der Waals surface area contributed by atoms with Crippen LogP contribution in [0.4, 0.5) is 15.8 Å². The zero-order valence-electron chi connectivity index (χ0n) is 9.72. The Morgan fingerprint density at radius 2 is 2.16 bits per heavy atom. The molecule has 94 valence electrons. The van der Waals surface area contributed by atoms with Gasteiger partial charge in [0.05, 0.1) is 29.2 Å². The van der Waals surface area contributed by atoms with Crippen molar-refractivity contribution in [3.63, 3.8) is 0 Å². The second kappa shape index (κ2) is 5.14. The summed E-state index contributed by atoms with van der Waals surface area (Å²) in [5, 5.41) is 11.2. The minimum atomic E-state index is -0.519. The number of aromatic nitrogens is 1. The number of benzene rings is 1. The van der Waals surface area contributed by atoms with Crippen LogP contribution in [0.2, 0.25) is 0 Å². The molecule has 5 nitrogen and oxygen atoms in total. The molecule has 0 atom stereocenters. The van der Waals surface area contributed by atoms with Gasteiger partial charge in [-0.25, -0.2) is 9.37 Å². The van der Waals surface area contributed by atoms with Crippen molar-refractivity contribution in [1.82, 2.24) is 4.98 Å². The Kier molecular flexibility index (Phi) is 3.39. The lowest BCUT2D eigenvalue weighted by Crippen LogP contribution is -2.14. The highest BCUT2D eigenvalue weighted by atomic mass is 19.1. The summed E-state index contributed by atoms with van der Waals surface area (Å²) in [5.41, 5.74) is 6.82. The normalized spacial score (nSPS) is 9.68. The number of amides is 1. The van der Waals surface area contributed by atoms with Crippen LogP contribution in [-0.2, 0) is 0 Å². The number of nitrogens with two attached hydrogens (primary N) is 1. The Hall–Kier alpha value is -2.94. The standard InChI is InChI=1S/C13H9FN4O/c14-9-2-4-12(17-7-9)13(19)18-11-3-1-8(6-15)5-10(11)16/h1-5,7H,16H2,(H,18,19). The maximum absolute atomic E-state index is 12.7. The Morgan fingerprint density at radius 3 is 2.74 bits per heavy atom. The zero-order chi connectivity index (χ0) is 13.8. The van der Waals surface area contributed by atoms with Gasteiger partial charge >= 0.3 is 0 Å². The molecule has 0 unspecified atom stereocenters. The number of carbonyl (C=O) groups is 1. The van der Waals surface area contributed by atoms with E-state index in [9.17, 15) is 9.18 Å². The lowest BCUT2D eigenvalue weighted by atomic mass is 10.2. The number of nitrogens with one attached hydrogen (secondary N) is 1. The molecule has 0 aliphatic heterocycles.